The lowest BCUT2D eigenvalue weighted by Gasteiger charge is -1.94. The van der Waals surface area contributed by atoms with Crippen LogP contribution in [-0.2, 0) is 0 Å². The average Bonchev–Trinajstić information content (AvgIpc) is 3.07. The van der Waals surface area contributed by atoms with Crippen molar-refractivity contribution >= 4 is 12.2 Å². The summed E-state index contributed by atoms with van der Waals surface area (Å²) in [7, 11) is 0. The Morgan fingerprint density at radius 3 is 0.543 bits per heavy atom. The molecule has 0 fully saturated rings. The highest BCUT2D eigenvalue weighted by molar-refractivity contribution is 5.57. The highest BCUT2D eigenvalue weighted by atomic mass is 13.9. The first kappa shape index (κ1) is 38.0. The van der Waals surface area contributed by atoms with Gasteiger partial charge in [-0.05, 0) is 11.1 Å². The Morgan fingerprint density at radius 1 is 0.217 bits per heavy atom. The van der Waals surface area contributed by atoms with Crippen LogP contribution in [0.25, 0.3) is 12.2 Å². The van der Waals surface area contributed by atoms with E-state index in [1.165, 1.54) is 0 Å². The van der Waals surface area contributed by atoms with E-state index in [2.05, 4.69) is 49.6 Å². The molecular formula is C46H46. The number of rotatable bonds is 20. The summed E-state index contributed by atoms with van der Waals surface area (Å²) in [5, 5.41) is 0. The fourth-order valence-electron chi connectivity index (χ4n) is 3.13. The first-order valence-corrected chi connectivity index (χ1v) is 15.2. The second-order valence-electron chi connectivity index (χ2n) is 9.01. The Bertz CT molecular complexity index is 1390. The molecule has 46 heavy (non-hydrogen) atoms. The molecule has 230 valence electrons. The van der Waals surface area contributed by atoms with Gasteiger partial charge in [-0.3, -0.25) is 0 Å². The molecular weight excluding hydrogens is 553 g/mol. The molecule has 0 heterocycles. The highest BCUT2D eigenvalue weighted by Gasteiger charge is 1.87. The van der Waals surface area contributed by atoms with Crippen LogP contribution in [0.1, 0.15) is 11.1 Å². The summed E-state index contributed by atoms with van der Waals surface area (Å²) < 4.78 is 0. The van der Waals surface area contributed by atoms with Crippen molar-refractivity contribution in [2.24, 2.45) is 0 Å². The van der Waals surface area contributed by atoms with Crippen molar-refractivity contribution in [3.63, 3.8) is 0 Å². The average molecular weight is 599 g/mol. The molecule has 0 heteroatoms. The van der Waals surface area contributed by atoms with E-state index in [0.29, 0.717) is 0 Å². The van der Waals surface area contributed by atoms with Crippen molar-refractivity contribution in [3.05, 3.63) is 267 Å². The Kier molecular flexibility index (Phi) is 26.4. The number of hydrogen-bond acceptors (Lipinski definition) is 0. The zero-order valence-electron chi connectivity index (χ0n) is 26.7. The van der Waals surface area contributed by atoms with Gasteiger partial charge in [0.2, 0.25) is 0 Å². The minimum absolute atomic E-state index is 1.16. The van der Waals surface area contributed by atoms with E-state index in [1.54, 1.807) is 12.2 Å². The van der Waals surface area contributed by atoms with Crippen LogP contribution in [0.4, 0.5) is 0 Å². The van der Waals surface area contributed by atoms with Gasteiger partial charge in [0.1, 0.15) is 0 Å². The molecule has 0 aromatic heterocycles. The quantitative estimate of drug-likeness (QED) is 0.131. The fraction of sp³-hybridized carbons (Fsp3) is 0. The maximum absolute atomic E-state index is 3.63. The monoisotopic (exact) mass is 598 g/mol. The molecule has 0 aliphatic heterocycles. The summed E-state index contributed by atoms with van der Waals surface area (Å²) in [5.41, 5.74) is 2.32. The van der Waals surface area contributed by atoms with Gasteiger partial charge in [0.25, 0.3) is 0 Å². The summed E-state index contributed by atoms with van der Waals surface area (Å²) in [6, 6.07) is 8.47. The summed E-state index contributed by atoms with van der Waals surface area (Å²) >= 11 is 0. The van der Waals surface area contributed by atoms with E-state index >= 15 is 0 Å². The second-order valence-corrected chi connectivity index (χ2v) is 9.01. The molecule has 0 amide bonds. The largest absolute Gasteiger partial charge is 0.0991 e. The lowest BCUT2D eigenvalue weighted by atomic mass is 10.1. The number of hydrogen-bond donors (Lipinski definition) is 0. The third-order valence-corrected chi connectivity index (χ3v) is 5.34. The molecule has 1 aromatic carbocycles. The van der Waals surface area contributed by atoms with Crippen molar-refractivity contribution in [2.75, 3.05) is 0 Å². The van der Waals surface area contributed by atoms with Crippen molar-refractivity contribution < 1.29 is 0 Å². The lowest BCUT2D eigenvalue weighted by molar-refractivity contribution is 1.62. The van der Waals surface area contributed by atoms with E-state index in [4.69, 9.17) is 0 Å². The molecule has 0 N–H and O–H groups in total. The zero-order chi connectivity index (χ0) is 32.9. The minimum Gasteiger partial charge on any atom is -0.0991 e. The van der Waals surface area contributed by atoms with Gasteiger partial charge < -0.3 is 0 Å². The van der Waals surface area contributed by atoms with E-state index in [9.17, 15) is 0 Å². The predicted octanol–water partition coefficient (Wildman–Crippen LogP) is 13.0. The van der Waals surface area contributed by atoms with Crippen molar-refractivity contribution in [2.45, 2.75) is 0 Å². The van der Waals surface area contributed by atoms with Gasteiger partial charge in [0.05, 0.1) is 0 Å². The molecule has 0 aliphatic rings. The standard InChI is InChI=1S/C46H46/c1-3-5-7-9-11-13-15-17-19-21-23-25-27-29-31-33-35-37-39-45-41-43-46(44-42-45)40-38-36-34-32-30-28-26-24-22-20-18-16-14-12-10-8-6-4-2/h3-44H,1-2H2/b7-5+,8-6+,11-9+,12-10+,15-13+,16-14+,19-17+,20-18+,23-21+,24-22+,27-25+,28-26+,31-29+,32-30+,35-33+,36-34+,39-37+,40-38+. The molecule has 1 aromatic rings. The van der Waals surface area contributed by atoms with E-state index < -0.39 is 0 Å². The first-order chi connectivity index (χ1) is 22.9. The Balaban J connectivity index is 2.29. The van der Waals surface area contributed by atoms with Crippen molar-refractivity contribution in [3.8, 4) is 0 Å². The van der Waals surface area contributed by atoms with Crippen LogP contribution in [0.3, 0.4) is 0 Å². The van der Waals surface area contributed by atoms with Crippen molar-refractivity contribution in [1.82, 2.24) is 0 Å². The van der Waals surface area contributed by atoms with E-state index in [-0.39, 0.29) is 0 Å². The topological polar surface area (TPSA) is 0 Å². The Labute approximate surface area is 278 Å². The van der Waals surface area contributed by atoms with Gasteiger partial charge in [-0.2, -0.15) is 0 Å². The molecule has 0 unspecified atom stereocenters. The molecule has 0 atom stereocenters. The summed E-state index contributed by atoms with van der Waals surface area (Å²) in [6.07, 6.45) is 75.3. The predicted molar refractivity (Wildman–Crippen MR) is 211 cm³/mol. The summed E-state index contributed by atoms with van der Waals surface area (Å²) in [4.78, 5) is 0. The highest BCUT2D eigenvalue weighted by Crippen LogP contribution is 2.08. The van der Waals surface area contributed by atoms with Crippen LogP contribution in [0.15, 0.2) is 256 Å². The smallest absolute Gasteiger partial charge is 0.0256 e. The van der Waals surface area contributed by atoms with Crippen LogP contribution in [-0.4, -0.2) is 0 Å². The fourth-order valence-corrected chi connectivity index (χ4v) is 3.13. The van der Waals surface area contributed by atoms with Gasteiger partial charge >= 0.3 is 0 Å². The Morgan fingerprint density at radius 2 is 0.370 bits per heavy atom. The molecule has 0 aliphatic carbocycles. The maximum atomic E-state index is 3.63. The maximum Gasteiger partial charge on any atom is -0.0256 e. The zero-order valence-corrected chi connectivity index (χ0v) is 26.7. The molecule has 0 saturated carbocycles. The van der Waals surface area contributed by atoms with E-state index in [1.807, 2.05) is 207 Å². The van der Waals surface area contributed by atoms with Crippen LogP contribution >= 0.6 is 0 Å². The summed E-state index contributed by atoms with van der Waals surface area (Å²) in [5.74, 6) is 0. The van der Waals surface area contributed by atoms with Gasteiger partial charge in [0, 0.05) is 0 Å². The normalized spacial score (nSPS) is 14.4. The number of allylic oxidation sites excluding steroid dienone is 36. The van der Waals surface area contributed by atoms with Crippen molar-refractivity contribution in [1.29, 1.82) is 0 Å². The minimum atomic E-state index is 1.16. The molecule has 0 radical (unpaired) electrons. The van der Waals surface area contributed by atoms with Crippen LogP contribution in [0, 0.1) is 0 Å². The van der Waals surface area contributed by atoms with Gasteiger partial charge in [-0.1, -0.05) is 268 Å². The lowest BCUT2D eigenvalue weighted by Crippen LogP contribution is -1.73. The second kappa shape index (κ2) is 31.9. The number of benzene rings is 1. The third kappa shape index (κ3) is 26.9. The van der Waals surface area contributed by atoms with Gasteiger partial charge in [-0.15, -0.1) is 0 Å². The summed E-state index contributed by atoms with van der Waals surface area (Å²) in [6.45, 7) is 7.25. The van der Waals surface area contributed by atoms with Crippen LogP contribution in [0.5, 0.6) is 0 Å². The third-order valence-electron chi connectivity index (χ3n) is 5.34. The van der Waals surface area contributed by atoms with Crippen LogP contribution < -0.4 is 0 Å². The molecule has 1 rings (SSSR count). The van der Waals surface area contributed by atoms with Gasteiger partial charge in [-0.25, -0.2) is 0 Å². The molecule has 0 saturated heterocycles. The SMILES string of the molecule is C=C/C=C/C=C/C=C/C=C/C=C/C=C/C=C/C=C/C=C/c1ccc(/C=C/C=C/C=C/C=C/C=C/C=C/C=C/C=C/C=C/C=C)cc1. The molecule has 0 nitrogen and oxygen atoms in total. The Hall–Kier alpha value is -5.98. The first-order valence-electron chi connectivity index (χ1n) is 15.2. The molecule has 0 bridgehead atoms. The van der Waals surface area contributed by atoms with E-state index in [0.717, 1.165) is 11.1 Å². The molecule has 0 spiro atoms. The van der Waals surface area contributed by atoms with Crippen LogP contribution in [0.2, 0.25) is 0 Å². The van der Waals surface area contributed by atoms with Gasteiger partial charge in [0.15, 0.2) is 0 Å².